The van der Waals surface area contributed by atoms with E-state index in [1.165, 1.54) is 0 Å². The van der Waals surface area contributed by atoms with Crippen LogP contribution in [0.25, 0.3) is 0 Å². The normalized spacial score (nSPS) is 16.3. The van der Waals surface area contributed by atoms with Gasteiger partial charge in [0.05, 0.1) is 6.61 Å². The molecule has 5 nitrogen and oxygen atoms in total. The molecule has 0 atom stereocenters. The zero-order valence-electron chi connectivity index (χ0n) is 8.48. The van der Waals surface area contributed by atoms with Crippen molar-refractivity contribution in [2.24, 2.45) is 0 Å². The van der Waals surface area contributed by atoms with Crippen molar-refractivity contribution in [2.45, 2.75) is 0 Å². The van der Waals surface area contributed by atoms with Gasteiger partial charge in [-0.3, -0.25) is 4.90 Å². The molecule has 1 fully saturated rings. The number of nitrogens with zero attached hydrogens (tertiary/aromatic N) is 1. The van der Waals surface area contributed by atoms with Crippen LogP contribution in [0.15, 0.2) is 0 Å². The highest BCUT2D eigenvalue weighted by atomic mass is 35.5. The lowest BCUT2D eigenvalue weighted by atomic mass is 10.4. The topological polar surface area (TPSA) is 61.8 Å². The molecule has 0 bridgehead atoms. The summed E-state index contributed by atoms with van der Waals surface area (Å²) in [6, 6.07) is 0. The highest BCUT2D eigenvalue weighted by Crippen LogP contribution is 1.91. The maximum Gasteiger partial charge on any atom is 0.329 e. The molecule has 7 heteroatoms. The van der Waals surface area contributed by atoms with Gasteiger partial charge in [0.1, 0.15) is 6.61 Å². The van der Waals surface area contributed by atoms with E-state index >= 15 is 0 Å². The fourth-order valence-electron chi connectivity index (χ4n) is 1.29. The van der Waals surface area contributed by atoms with Crippen LogP contribution in [0.5, 0.6) is 0 Å². The summed E-state index contributed by atoms with van der Waals surface area (Å²) in [6.07, 6.45) is 0. The first-order valence-corrected chi connectivity index (χ1v) is 4.51. The van der Waals surface area contributed by atoms with Crippen LogP contribution in [0.3, 0.4) is 0 Å². The van der Waals surface area contributed by atoms with E-state index in [-0.39, 0.29) is 31.4 Å². The number of aliphatic carboxylic acids is 1. The summed E-state index contributed by atoms with van der Waals surface area (Å²) in [6.45, 7) is 5.22. The van der Waals surface area contributed by atoms with E-state index in [2.05, 4.69) is 10.2 Å². The van der Waals surface area contributed by atoms with Crippen molar-refractivity contribution in [1.82, 2.24) is 10.2 Å². The maximum absolute atomic E-state index is 10.1. The summed E-state index contributed by atoms with van der Waals surface area (Å²) in [4.78, 5) is 12.4. The Morgan fingerprint density at radius 2 is 1.93 bits per heavy atom. The van der Waals surface area contributed by atoms with Crippen LogP contribution in [0, 0.1) is 0 Å². The molecule has 0 aromatic heterocycles. The van der Waals surface area contributed by atoms with Gasteiger partial charge in [-0.25, -0.2) is 4.79 Å². The zero-order valence-corrected chi connectivity index (χ0v) is 10.1. The molecule has 0 spiro atoms. The lowest BCUT2D eigenvalue weighted by Crippen LogP contribution is -2.44. The van der Waals surface area contributed by atoms with Gasteiger partial charge in [-0.05, 0) is 0 Å². The lowest BCUT2D eigenvalue weighted by molar-refractivity contribution is -0.142. The van der Waals surface area contributed by atoms with Gasteiger partial charge in [-0.1, -0.05) is 0 Å². The molecule has 1 saturated heterocycles. The summed E-state index contributed by atoms with van der Waals surface area (Å²) in [5.74, 6) is -0.902. The molecular formula is C8H18Cl2N2O3. The zero-order chi connectivity index (χ0) is 9.52. The molecule has 1 aliphatic heterocycles. The van der Waals surface area contributed by atoms with Crippen LogP contribution in [0.2, 0.25) is 0 Å². The number of rotatable bonds is 5. The van der Waals surface area contributed by atoms with Gasteiger partial charge in [0.2, 0.25) is 0 Å². The summed E-state index contributed by atoms with van der Waals surface area (Å²) in [5, 5.41) is 11.5. The smallest absolute Gasteiger partial charge is 0.329 e. The van der Waals surface area contributed by atoms with E-state index in [9.17, 15) is 4.79 Å². The van der Waals surface area contributed by atoms with Gasteiger partial charge in [0.15, 0.2) is 0 Å². The fraction of sp³-hybridized carbons (Fsp3) is 0.875. The second-order valence-electron chi connectivity index (χ2n) is 3.04. The average molecular weight is 261 g/mol. The van der Waals surface area contributed by atoms with Crippen molar-refractivity contribution < 1.29 is 14.6 Å². The van der Waals surface area contributed by atoms with Crippen molar-refractivity contribution in [3.63, 3.8) is 0 Å². The molecule has 0 aliphatic carbocycles. The average Bonchev–Trinajstić information content (AvgIpc) is 2.14. The van der Waals surface area contributed by atoms with E-state index in [1.54, 1.807) is 0 Å². The largest absolute Gasteiger partial charge is 0.480 e. The van der Waals surface area contributed by atoms with Crippen molar-refractivity contribution in [1.29, 1.82) is 0 Å². The Morgan fingerprint density at radius 3 is 2.47 bits per heavy atom. The molecule has 0 saturated carbocycles. The van der Waals surface area contributed by atoms with Crippen LogP contribution >= 0.6 is 24.8 Å². The van der Waals surface area contributed by atoms with E-state index in [1.807, 2.05) is 0 Å². The molecule has 0 aromatic rings. The third-order valence-corrected chi connectivity index (χ3v) is 1.99. The van der Waals surface area contributed by atoms with Crippen molar-refractivity contribution in [2.75, 3.05) is 45.9 Å². The number of halogens is 2. The third kappa shape index (κ3) is 8.89. The molecule has 2 N–H and O–H groups in total. The van der Waals surface area contributed by atoms with Gasteiger partial charge in [-0.2, -0.15) is 0 Å². The molecule has 0 unspecified atom stereocenters. The van der Waals surface area contributed by atoms with Gasteiger partial charge >= 0.3 is 5.97 Å². The SMILES string of the molecule is Cl.Cl.O=C(O)COCCN1CCNCC1. The third-order valence-electron chi connectivity index (χ3n) is 1.99. The minimum absolute atomic E-state index is 0. The van der Waals surface area contributed by atoms with Crippen molar-refractivity contribution in [3.05, 3.63) is 0 Å². The number of carbonyl (C=O) groups is 1. The predicted octanol–water partition coefficient (Wildman–Crippen LogP) is -0.164. The van der Waals surface area contributed by atoms with Gasteiger partial charge < -0.3 is 15.2 Å². The molecular weight excluding hydrogens is 243 g/mol. The second kappa shape index (κ2) is 10.4. The number of carboxylic acids is 1. The monoisotopic (exact) mass is 260 g/mol. The molecule has 92 valence electrons. The Bertz CT molecular complexity index is 166. The van der Waals surface area contributed by atoms with Crippen molar-refractivity contribution in [3.8, 4) is 0 Å². The number of hydrogen-bond donors (Lipinski definition) is 2. The van der Waals surface area contributed by atoms with Crippen LogP contribution < -0.4 is 5.32 Å². The lowest BCUT2D eigenvalue weighted by Gasteiger charge is -2.26. The van der Waals surface area contributed by atoms with Crippen LogP contribution in [0.4, 0.5) is 0 Å². The van der Waals surface area contributed by atoms with Crippen LogP contribution in [-0.4, -0.2) is 61.9 Å². The Labute approximate surface area is 102 Å². The quantitative estimate of drug-likeness (QED) is 0.673. The van der Waals surface area contributed by atoms with Crippen LogP contribution in [-0.2, 0) is 9.53 Å². The number of hydrogen-bond acceptors (Lipinski definition) is 4. The van der Waals surface area contributed by atoms with Crippen molar-refractivity contribution >= 4 is 30.8 Å². The van der Waals surface area contributed by atoms with E-state index in [4.69, 9.17) is 9.84 Å². The molecule has 0 aromatic carbocycles. The summed E-state index contributed by atoms with van der Waals surface area (Å²) >= 11 is 0. The summed E-state index contributed by atoms with van der Waals surface area (Å²) in [5.41, 5.74) is 0. The summed E-state index contributed by atoms with van der Waals surface area (Å²) in [7, 11) is 0. The predicted molar refractivity (Wildman–Crippen MR) is 62.3 cm³/mol. The Morgan fingerprint density at radius 1 is 1.33 bits per heavy atom. The standard InChI is InChI=1S/C8H16N2O3.2ClH/c11-8(12)7-13-6-5-10-3-1-9-2-4-10;;/h9H,1-7H2,(H,11,12);2*1H. The van der Waals surface area contributed by atoms with E-state index < -0.39 is 5.97 Å². The Balaban J connectivity index is 0. The molecule has 1 heterocycles. The first kappa shape index (κ1) is 17.3. The number of nitrogens with one attached hydrogen (secondary N) is 1. The number of piperazine rings is 1. The summed E-state index contributed by atoms with van der Waals surface area (Å²) < 4.78 is 4.94. The van der Waals surface area contributed by atoms with E-state index in [0.717, 1.165) is 32.7 Å². The molecule has 0 amide bonds. The Kier molecular flexibility index (Phi) is 12.1. The maximum atomic E-state index is 10.1. The highest BCUT2D eigenvalue weighted by molar-refractivity contribution is 5.85. The first-order chi connectivity index (χ1) is 6.29. The van der Waals surface area contributed by atoms with E-state index in [0.29, 0.717) is 6.61 Å². The fourth-order valence-corrected chi connectivity index (χ4v) is 1.29. The molecule has 1 aliphatic rings. The van der Waals surface area contributed by atoms with Gasteiger partial charge in [0.25, 0.3) is 0 Å². The minimum atomic E-state index is -0.902. The van der Waals surface area contributed by atoms with Gasteiger partial charge in [-0.15, -0.1) is 24.8 Å². The number of ether oxygens (including phenoxy) is 1. The molecule has 1 rings (SSSR count). The molecule has 0 radical (unpaired) electrons. The second-order valence-corrected chi connectivity index (χ2v) is 3.04. The minimum Gasteiger partial charge on any atom is -0.480 e. The Hall–Kier alpha value is -0.0700. The van der Waals surface area contributed by atoms with Gasteiger partial charge in [0, 0.05) is 32.7 Å². The highest BCUT2D eigenvalue weighted by Gasteiger charge is 2.08. The first-order valence-electron chi connectivity index (χ1n) is 4.51. The molecule has 15 heavy (non-hydrogen) atoms. The van der Waals surface area contributed by atoms with Crippen LogP contribution in [0.1, 0.15) is 0 Å². The number of carboxylic acid groups (broad SMARTS) is 1.